The molecule has 0 fully saturated rings. The molecule has 0 saturated carbocycles. The number of phenols is 2. The van der Waals surface area contributed by atoms with Crippen LogP contribution in [0.15, 0.2) is 66.2 Å². The average Bonchev–Trinajstić information content (AvgIpc) is 2.90. The number of carbonyl (C=O) groups is 2. The van der Waals surface area contributed by atoms with Crippen LogP contribution in [0.2, 0.25) is 0 Å². The normalized spacial score (nSPS) is 10.5. The lowest BCUT2D eigenvalue weighted by atomic mass is 9.94. The number of aromatic hydroxyl groups is 2. The molecule has 0 unspecified atom stereocenters. The van der Waals surface area contributed by atoms with Crippen LogP contribution < -0.4 is 9.47 Å². The number of rotatable bonds is 12. The van der Waals surface area contributed by atoms with Crippen molar-refractivity contribution in [3.8, 4) is 23.0 Å². The highest BCUT2D eigenvalue weighted by Crippen LogP contribution is 2.28. The molecule has 188 valence electrons. The van der Waals surface area contributed by atoms with E-state index < -0.39 is 0 Å². The summed E-state index contributed by atoms with van der Waals surface area (Å²) in [6, 6.07) is 17.7. The molecule has 2 N–H and O–H groups in total. The molecule has 6 heteroatoms. The third-order valence-corrected chi connectivity index (χ3v) is 6.07. The van der Waals surface area contributed by atoms with Gasteiger partial charge in [0, 0.05) is 12.8 Å². The van der Waals surface area contributed by atoms with Gasteiger partial charge in [0.2, 0.25) is 0 Å². The van der Waals surface area contributed by atoms with Crippen molar-refractivity contribution in [3.05, 3.63) is 88.5 Å². The molecule has 6 nitrogen and oxygen atoms in total. The number of methoxy groups -OCH3 is 2. The maximum absolute atomic E-state index is 13.2. The van der Waals surface area contributed by atoms with Crippen molar-refractivity contribution in [2.75, 3.05) is 14.2 Å². The van der Waals surface area contributed by atoms with Gasteiger partial charge in [0.05, 0.1) is 19.8 Å². The van der Waals surface area contributed by atoms with Crippen LogP contribution >= 0.6 is 0 Å². The zero-order valence-corrected chi connectivity index (χ0v) is 20.9. The molecular weight excluding hydrogens is 456 g/mol. The number of hydrogen-bond donors (Lipinski definition) is 2. The summed E-state index contributed by atoms with van der Waals surface area (Å²) in [7, 11) is 2.94. The molecule has 0 saturated heterocycles. The van der Waals surface area contributed by atoms with Gasteiger partial charge in [0.1, 0.15) is 0 Å². The summed E-state index contributed by atoms with van der Waals surface area (Å²) in [5, 5.41) is 19.6. The monoisotopic (exact) mass is 488 g/mol. The van der Waals surface area contributed by atoms with Crippen LogP contribution in [0.3, 0.4) is 0 Å². The Morgan fingerprint density at radius 3 is 1.58 bits per heavy atom. The zero-order chi connectivity index (χ0) is 26.1. The van der Waals surface area contributed by atoms with E-state index in [2.05, 4.69) is 6.92 Å². The molecule has 0 aliphatic rings. The second-order valence-corrected chi connectivity index (χ2v) is 8.51. The predicted octanol–water partition coefficient (Wildman–Crippen LogP) is 5.46. The first-order chi connectivity index (χ1) is 17.3. The molecule has 3 rings (SSSR count). The third kappa shape index (κ3) is 6.98. The van der Waals surface area contributed by atoms with E-state index >= 15 is 0 Å². The second kappa shape index (κ2) is 12.6. The molecule has 3 aromatic rings. The Bertz CT molecular complexity index is 1170. The molecule has 36 heavy (non-hydrogen) atoms. The van der Waals surface area contributed by atoms with E-state index in [0.29, 0.717) is 24.3 Å². The summed E-state index contributed by atoms with van der Waals surface area (Å²) in [6.07, 6.45) is 3.67. The van der Waals surface area contributed by atoms with Gasteiger partial charge in [0.15, 0.2) is 34.6 Å². The first kappa shape index (κ1) is 26.5. The maximum Gasteiger partial charge on any atom is 0.166 e. The Morgan fingerprint density at radius 1 is 0.722 bits per heavy atom. The van der Waals surface area contributed by atoms with E-state index in [1.165, 1.54) is 31.9 Å². The molecule has 0 aliphatic carbocycles. The first-order valence-electron chi connectivity index (χ1n) is 11.9. The molecule has 0 aliphatic heterocycles. The lowest BCUT2D eigenvalue weighted by molar-refractivity contribution is -0.121. The highest BCUT2D eigenvalue weighted by atomic mass is 16.5. The van der Waals surface area contributed by atoms with Crippen LogP contribution in [0, 0.1) is 0 Å². The Balaban J connectivity index is 1.79. The number of ketones is 2. The van der Waals surface area contributed by atoms with Gasteiger partial charge in [-0.05, 0) is 71.9 Å². The van der Waals surface area contributed by atoms with Crippen molar-refractivity contribution in [2.45, 2.75) is 39.0 Å². The first-order valence-corrected chi connectivity index (χ1v) is 11.9. The van der Waals surface area contributed by atoms with Gasteiger partial charge >= 0.3 is 0 Å². The van der Waals surface area contributed by atoms with Crippen LogP contribution in [0.5, 0.6) is 23.0 Å². The smallest absolute Gasteiger partial charge is 0.166 e. The Labute approximate surface area is 211 Å². The van der Waals surface area contributed by atoms with Crippen LogP contribution in [-0.2, 0) is 28.9 Å². The van der Waals surface area contributed by atoms with Crippen LogP contribution in [0.25, 0.3) is 6.08 Å². The van der Waals surface area contributed by atoms with E-state index in [1.54, 1.807) is 30.3 Å². The number of carbonyl (C=O) groups excluding carboxylic acids is 2. The van der Waals surface area contributed by atoms with Gasteiger partial charge in [-0.2, -0.15) is 0 Å². The second-order valence-electron chi connectivity index (χ2n) is 8.51. The van der Waals surface area contributed by atoms with Gasteiger partial charge < -0.3 is 19.7 Å². The molecule has 0 aromatic heterocycles. The van der Waals surface area contributed by atoms with Crippen molar-refractivity contribution < 1.29 is 29.3 Å². The molecule has 0 atom stereocenters. The van der Waals surface area contributed by atoms with E-state index in [4.69, 9.17) is 9.47 Å². The van der Waals surface area contributed by atoms with Gasteiger partial charge in [-0.3, -0.25) is 9.59 Å². The summed E-state index contributed by atoms with van der Waals surface area (Å²) in [5.41, 5.74) is 3.78. The maximum atomic E-state index is 13.2. The standard InChI is InChI=1S/C30H32O6/c1-4-20-5-7-21(8-6-20)17-24(25(31)13-9-22-11-15-27(33)29(18-22)35-2)26(32)14-10-23-12-16-28(34)30(19-23)36-3/h5-8,11-12,15-19,33-34H,4,9-10,13-14H2,1-3H3. The molecule has 3 aromatic carbocycles. The van der Waals surface area contributed by atoms with Gasteiger partial charge in [0.25, 0.3) is 0 Å². The molecule has 0 radical (unpaired) electrons. The number of allylic oxidation sites excluding steroid dienone is 1. The number of phenolic OH excluding ortho intramolecular Hbond substituents is 2. The molecule has 0 amide bonds. The summed E-state index contributed by atoms with van der Waals surface area (Å²) >= 11 is 0. The minimum Gasteiger partial charge on any atom is -0.504 e. The van der Waals surface area contributed by atoms with Gasteiger partial charge in [-0.25, -0.2) is 0 Å². The largest absolute Gasteiger partial charge is 0.504 e. The van der Waals surface area contributed by atoms with Crippen molar-refractivity contribution in [3.63, 3.8) is 0 Å². The Morgan fingerprint density at radius 2 is 1.17 bits per heavy atom. The lowest BCUT2D eigenvalue weighted by Crippen LogP contribution is -2.14. The Hall–Kier alpha value is -4.06. The molecule has 0 spiro atoms. The zero-order valence-electron chi connectivity index (χ0n) is 20.9. The minimum absolute atomic E-state index is 0.0322. The SMILES string of the molecule is CCc1ccc(C=C(C(=O)CCc2ccc(O)c(OC)c2)C(=O)CCc2ccc(O)c(OC)c2)cc1. The summed E-state index contributed by atoms with van der Waals surface area (Å²) in [5.74, 6) is 0.263. The highest BCUT2D eigenvalue weighted by molar-refractivity contribution is 6.23. The van der Waals surface area contributed by atoms with Crippen LogP contribution in [0.4, 0.5) is 0 Å². The molecular formula is C30H32O6. The topological polar surface area (TPSA) is 93.1 Å². The van der Waals surface area contributed by atoms with Crippen molar-refractivity contribution in [1.29, 1.82) is 0 Å². The average molecular weight is 489 g/mol. The predicted molar refractivity (Wildman–Crippen MR) is 140 cm³/mol. The van der Waals surface area contributed by atoms with Crippen LogP contribution in [-0.4, -0.2) is 36.0 Å². The number of aryl methyl sites for hydroxylation is 3. The fourth-order valence-corrected chi connectivity index (χ4v) is 3.87. The van der Waals surface area contributed by atoms with Crippen molar-refractivity contribution in [1.82, 2.24) is 0 Å². The summed E-state index contributed by atoms with van der Waals surface area (Å²) < 4.78 is 10.3. The van der Waals surface area contributed by atoms with E-state index in [1.807, 2.05) is 24.3 Å². The summed E-state index contributed by atoms with van der Waals surface area (Å²) in [6.45, 7) is 2.07. The van der Waals surface area contributed by atoms with Crippen molar-refractivity contribution in [2.24, 2.45) is 0 Å². The van der Waals surface area contributed by atoms with Gasteiger partial charge in [-0.15, -0.1) is 0 Å². The molecule has 0 bridgehead atoms. The quantitative estimate of drug-likeness (QED) is 0.200. The highest BCUT2D eigenvalue weighted by Gasteiger charge is 2.19. The van der Waals surface area contributed by atoms with E-state index in [0.717, 1.165) is 23.1 Å². The number of Topliss-reactive ketones (excluding diaryl/α,β-unsaturated/α-hetero) is 2. The number of hydrogen-bond acceptors (Lipinski definition) is 6. The summed E-state index contributed by atoms with van der Waals surface area (Å²) in [4.78, 5) is 26.5. The van der Waals surface area contributed by atoms with E-state index in [-0.39, 0.29) is 41.5 Å². The number of benzene rings is 3. The Kier molecular flexibility index (Phi) is 9.28. The lowest BCUT2D eigenvalue weighted by Gasteiger charge is -2.10. The fourth-order valence-electron chi connectivity index (χ4n) is 3.87. The van der Waals surface area contributed by atoms with E-state index in [9.17, 15) is 19.8 Å². The third-order valence-electron chi connectivity index (χ3n) is 6.07. The molecule has 0 heterocycles. The minimum atomic E-state index is -0.241. The van der Waals surface area contributed by atoms with Crippen LogP contribution in [0.1, 0.15) is 42.0 Å². The van der Waals surface area contributed by atoms with Crippen molar-refractivity contribution >= 4 is 17.6 Å². The fraction of sp³-hybridized carbons (Fsp3) is 0.267. The van der Waals surface area contributed by atoms with Gasteiger partial charge in [-0.1, -0.05) is 43.3 Å². The number of ether oxygens (including phenoxy) is 2.